The van der Waals surface area contributed by atoms with E-state index in [9.17, 15) is 9.90 Å². The van der Waals surface area contributed by atoms with Crippen LogP contribution in [0.15, 0.2) is 41.5 Å². The molecule has 0 saturated carbocycles. The molecular formula is C15H16N2O2. The van der Waals surface area contributed by atoms with Gasteiger partial charge in [-0.1, -0.05) is 37.3 Å². The monoisotopic (exact) mass is 256 g/mol. The minimum atomic E-state index is -0.126. The van der Waals surface area contributed by atoms with Crippen molar-refractivity contribution in [2.75, 3.05) is 0 Å². The average molecular weight is 256 g/mol. The molecule has 0 radical (unpaired) electrons. The lowest BCUT2D eigenvalue weighted by Gasteiger charge is -2.04. The van der Waals surface area contributed by atoms with E-state index >= 15 is 0 Å². The van der Waals surface area contributed by atoms with Crippen molar-refractivity contribution in [1.29, 1.82) is 0 Å². The quantitative estimate of drug-likeness (QED) is 0.652. The van der Waals surface area contributed by atoms with Crippen molar-refractivity contribution in [3.63, 3.8) is 0 Å². The topological polar surface area (TPSA) is 61.7 Å². The van der Waals surface area contributed by atoms with Crippen LogP contribution in [-0.2, 0) is 4.79 Å². The molecule has 1 amide bonds. The standard InChI is InChI=1S/C15H16N2O2/c1-2-5-15(19)17-16-10-13-12-7-4-3-6-11(12)8-9-14(13)18/h3-4,6-10,18H,2,5H2,1H3,(H,17,19)/b16-10+. The number of aromatic hydroxyl groups is 1. The van der Waals surface area contributed by atoms with Crippen molar-refractivity contribution in [3.05, 3.63) is 42.0 Å². The number of nitrogens with zero attached hydrogens (tertiary/aromatic N) is 1. The van der Waals surface area contributed by atoms with Gasteiger partial charge in [0.1, 0.15) is 5.75 Å². The number of hydrogen-bond donors (Lipinski definition) is 2. The fraction of sp³-hybridized carbons (Fsp3) is 0.200. The lowest BCUT2D eigenvalue weighted by atomic mass is 10.0. The second kappa shape index (κ2) is 6.00. The first-order chi connectivity index (χ1) is 9.22. The van der Waals surface area contributed by atoms with Crippen LogP contribution in [0.2, 0.25) is 0 Å². The summed E-state index contributed by atoms with van der Waals surface area (Å²) in [5.74, 6) is 0.0191. The highest BCUT2D eigenvalue weighted by molar-refractivity contribution is 6.02. The number of nitrogens with one attached hydrogen (secondary N) is 1. The summed E-state index contributed by atoms with van der Waals surface area (Å²) in [6.07, 6.45) is 2.70. The van der Waals surface area contributed by atoms with E-state index in [4.69, 9.17) is 0 Å². The maximum atomic E-state index is 11.3. The fourth-order valence-corrected chi connectivity index (χ4v) is 1.87. The van der Waals surface area contributed by atoms with Gasteiger partial charge in [0.25, 0.3) is 0 Å². The lowest BCUT2D eigenvalue weighted by molar-refractivity contribution is -0.121. The summed E-state index contributed by atoms with van der Waals surface area (Å²) in [5, 5.41) is 15.7. The molecule has 0 aliphatic rings. The molecule has 4 heteroatoms. The predicted molar refractivity (Wildman–Crippen MR) is 76.3 cm³/mol. The molecule has 2 aromatic rings. The zero-order chi connectivity index (χ0) is 13.7. The van der Waals surface area contributed by atoms with E-state index in [0.29, 0.717) is 12.0 Å². The first-order valence-corrected chi connectivity index (χ1v) is 6.25. The van der Waals surface area contributed by atoms with Gasteiger partial charge in [0.2, 0.25) is 5.91 Å². The van der Waals surface area contributed by atoms with Gasteiger partial charge in [-0.2, -0.15) is 5.10 Å². The molecule has 2 N–H and O–H groups in total. The van der Waals surface area contributed by atoms with Crippen molar-refractivity contribution < 1.29 is 9.90 Å². The van der Waals surface area contributed by atoms with Crippen molar-refractivity contribution in [3.8, 4) is 5.75 Å². The summed E-state index contributed by atoms with van der Waals surface area (Å²) in [5.41, 5.74) is 3.05. The molecule has 4 nitrogen and oxygen atoms in total. The van der Waals surface area contributed by atoms with Crippen molar-refractivity contribution >= 4 is 22.9 Å². The Bertz CT molecular complexity index is 621. The molecular weight excluding hydrogens is 240 g/mol. The van der Waals surface area contributed by atoms with Crippen LogP contribution in [0, 0.1) is 0 Å². The highest BCUT2D eigenvalue weighted by atomic mass is 16.3. The number of phenolic OH excluding ortho intramolecular Hbond substituents is 1. The normalized spacial score (nSPS) is 11.0. The Hall–Kier alpha value is -2.36. The number of amides is 1. The Balaban J connectivity index is 2.27. The second-order valence-corrected chi connectivity index (χ2v) is 4.26. The highest BCUT2D eigenvalue weighted by Gasteiger charge is 2.04. The number of rotatable bonds is 4. The van der Waals surface area contributed by atoms with Gasteiger partial charge < -0.3 is 5.11 Å². The molecule has 0 spiro atoms. The molecule has 19 heavy (non-hydrogen) atoms. The van der Waals surface area contributed by atoms with Gasteiger partial charge in [-0.25, -0.2) is 5.43 Å². The molecule has 0 unspecified atom stereocenters. The first-order valence-electron chi connectivity index (χ1n) is 6.25. The number of carbonyl (C=O) groups is 1. The summed E-state index contributed by atoms with van der Waals surface area (Å²) in [6.45, 7) is 1.93. The van der Waals surface area contributed by atoms with Crippen molar-refractivity contribution in [2.45, 2.75) is 19.8 Å². The van der Waals surface area contributed by atoms with E-state index in [1.54, 1.807) is 6.07 Å². The van der Waals surface area contributed by atoms with Crippen LogP contribution in [0.3, 0.4) is 0 Å². The third kappa shape index (κ3) is 3.10. The SMILES string of the molecule is CCCC(=O)N/N=C/c1c(O)ccc2ccccc12. The van der Waals surface area contributed by atoms with Gasteiger partial charge in [-0.3, -0.25) is 4.79 Å². The van der Waals surface area contributed by atoms with Gasteiger partial charge >= 0.3 is 0 Å². The molecule has 2 aromatic carbocycles. The lowest BCUT2D eigenvalue weighted by Crippen LogP contribution is -2.16. The van der Waals surface area contributed by atoms with E-state index in [1.165, 1.54) is 6.21 Å². The Kier molecular flexibility index (Phi) is 4.13. The zero-order valence-electron chi connectivity index (χ0n) is 10.8. The molecule has 98 valence electrons. The third-order valence-corrected chi connectivity index (χ3v) is 2.81. The smallest absolute Gasteiger partial charge is 0.240 e. The number of hydrazone groups is 1. The van der Waals surface area contributed by atoms with Crippen LogP contribution in [0.4, 0.5) is 0 Å². The minimum absolute atomic E-state index is 0.126. The second-order valence-electron chi connectivity index (χ2n) is 4.26. The molecule has 0 fully saturated rings. The Morgan fingerprint density at radius 1 is 1.32 bits per heavy atom. The van der Waals surface area contributed by atoms with E-state index in [0.717, 1.165) is 17.2 Å². The molecule has 0 heterocycles. The summed E-state index contributed by atoms with van der Waals surface area (Å²) in [6, 6.07) is 11.2. The Morgan fingerprint density at radius 3 is 2.89 bits per heavy atom. The maximum Gasteiger partial charge on any atom is 0.240 e. The van der Waals surface area contributed by atoms with Gasteiger partial charge in [0.15, 0.2) is 0 Å². The molecule has 2 rings (SSSR count). The molecule has 0 aromatic heterocycles. The van der Waals surface area contributed by atoms with Gasteiger partial charge in [-0.15, -0.1) is 0 Å². The Morgan fingerprint density at radius 2 is 2.11 bits per heavy atom. The minimum Gasteiger partial charge on any atom is -0.507 e. The maximum absolute atomic E-state index is 11.3. The number of hydrogen-bond acceptors (Lipinski definition) is 3. The van der Waals surface area contributed by atoms with Crippen LogP contribution in [0.5, 0.6) is 5.75 Å². The summed E-state index contributed by atoms with van der Waals surface area (Å²) in [4.78, 5) is 11.3. The van der Waals surface area contributed by atoms with E-state index in [1.807, 2.05) is 37.3 Å². The highest BCUT2D eigenvalue weighted by Crippen LogP contribution is 2.25. The van der Waals surface area contributed by atoms with Gasteiger partial charge in [0.05, 0.1) is 6.21 Å². The first kappa shape index (κ1) is 13.1. The zero-order valence-corrected chi connectivity index (χ0v) is 10.8. The van der Waals surface area contributed by atoms with Crippen molar-refractivity contribution in [2.24, 2.45) is 5.10 Å². The van der Waals surface area contributed by atoms with Gasteiger partial charge in [0, 0.05) is 12.0 Å². The van der Waals surface area contributed by atoms with E-state index < -0.39 is 0 Å². The average Bonchev–Trinajstić information content (AvgIpc) is 2.41. The van der Waals surface area contributed by atoms with Crippen LogP contribution in [0.1, 0.15) is 25.3 Å². The number of phenols is 1. The number of benzene rings is 2. The number of fused-ring (bicyclic) bond motifs is 1. The number of carbonyl (C=O) groups excluding carboxylic acids is 1. The molecule has 0 atom stereocenters. The van der Waals surface area contributed by atoms with Crippen LogP contribution in [0.25, 0.3) is 10.8 Å². The summed E-state index contributed by atoms with van der Waals surface area (Å²) in [7, 11) is 0. The van der Waals surface area contributed by atoms with Crippen LogP contribution < -0.4 is 5.43 Å². The van der Waals surface area contributed by atoms with Crippen LogP contribution >= 0.6 is 0 Å². The Labute approximate surface area is 111 Å². The summed E-state index contributed by atoms with van der Waals surface area (Å²) >= 11 is 0. The van der Waals surface area contributed by atoms with E-state index in [2.05, 4.69) is 10.5 Å². The summed E-state index contributed by atoms with van der Waals surface area (Å²) < 4.78 is 0. The predicted octanol–water partition coefficient (Wildman–Crippen LogP) is 2.80. The van der Waals surface area contributed by atoms with E-state index in [-0.39, 0.29) is 11.7 Å². The molecule has 0 aliphatic carbocycles. The third-order valence-electron chi connectivity index (χ3n) is 2.81. The molecule has 0 bridgehead atoms. The van der Waals surface area contributed by atoms with Gasteiger partial charge in [-0.05, 0) is 23.3 Å². The van der Waals surface area contributed by atoms with Crippen LogP contribution in [-0.4, -0.2) is 17.2 Å². The largest absolute Gasteiger partial charge is 0.507 e. The molecule has 0 aliphatic heterocycles. The fourth-order valence-electron chi connectivity index (χ4n) is 1.87. The van der Waals surface area contributed by atoms with Crippen molar-refractivity contribution in [1.82, 2.24) is 5.43 Å². The molecule has 0 saturated heterocycles.